The third-order valence-electron chi connectivity index (χ3n) is 4.18. The van der Waals surface area contributed by atoms with E-state index in [0.29, 0.717) is 11.5 Å². The van der Waals surface area contributed by atoms with Crippen molar-refractivity contribution in [3.8, 4) is 17.6 Å². The molecule has 0 fully saturated rings. The Kier molecular flexibility index (Phi) is 5.26. The number of ether oxygens (including phenoxy) is 2. The van der Waals surface area contributed by atoms with Gasteiger partial charge in [-0.25, -0.2) is 0 Å². The molecule has 0 N–H and O–H groups in total. The molecule has 10 heteroatoms. The maximum atomic E-state index is 12.5. The number of hydrogen-bond donors (Lipinski definition) is 0. The molecule has 28 heavy (non-hydrogen) atoms. The molecule has 1 atom stereocenters. The van der Waals surface area contributed by atoms with Gasteiger partial charge in [0.25, 0.3) is 11.2 Å². The monoisotopic (exact) mass is 384 g/mol. The van der Waals surface area contributed by atoms with Crippen LogP contribution in [0.5, 0.6) is 11.5 Å². The van der Waals surface area contributed by atoms with Gasteiger partial charge in [-0.15, -0.1) is 0 Å². The molecule has 1 aromatic carbocycles. The van der Waals surface area contributed by atoms with Crippen LogP contribution in [0.25, 0.3) is 0 Å². The summed E-state index contributed by atoms with van der Waals surface area (Å²) < 4.78 is 12.3. The van der Waals surface area contributed by atoms with Crippen LogP contribution in [0.15, 0.2) is 41.3 Å². The first-order valence-corrected chi connectivity index (χ1v) is 8.30. The molecule has 1 aromatic heterocycles. The molecule has 10 nitrogen and oxygen atoms in total. The Morgan fingerprint density at radius 1 is 1.43 bits per heavy atom. The lowest BCUT2D eigenvalue weighted by atomic mass is 10.2. The van der Waals surface area contributed by atoms with Gasteiger partial charge in [0.2, 0.25) is 5.91 Å². The Balaban J connectivity index is 1.70. The first-order chi connectivity index (χ1) is 13.4. The summed E-state index contributed by atoms with van der Waals surface area (Å²) in [5, 5.41) is 19.9. The minimum absolute atomic E-state index is 0.196. The zero-order valence-electron chi connectivity index (χ0n) is 14.9. The zero-order chi connectivity index (χ0) is 20.3. The van der Waals surface area contributed by atoms with Crippen molar-refractivity contribution in [1.29, 1.82) is 5.26 Å². The van der Waals surface area contributed by atoms with Crippen LogP contribution in [-0.4, -0.2) is 46.6 Å². The highest BCUT2D eigenvalue weighted by Crippen LogP contribution is 2.30. The van der Waals surface area contributed by atoms with Crippen molar-refractivity contribution in [2.75, 3.05) is 20.2 Å². The van der Waals surface area contributed by atoms with Crippen molar-refractivity contribution < 1.29 is 19.2 Å². The van der Waals surface area contributed by atoms with Crippen LogP contribution in [0.4, 0.5) is 5.69 Å². The molecule has 144 valence electrons. The average molecular weight is 384 g/mol. The molecule has 2 heterocycles. The highest BCUT2D eigenvalue weighted by atomic mass is 16.6. The average Bonchev–Trinajstić information content (AvgIpc) is 2.69. The molecule has 1 aliphatic rings. The Bertz CT molecular complexity index is 1030. The summed E-state index contributed by atoms with van der Waals surface area (Å²) in [5.74, 6) is 0.738. The first-order valence-electron chi connectivity index (χ1n) is 8.30. The van der Waals surface area contributed by atoms with Gasteiger partial charge in [0, 0.05) is 13.1 Å². The van der Waals surface area contributed by atoms with E-state index in [9.17, 15) is 19.7 Å². The predicted molar refractivity (Wildman–Crippen MR) is 96.1 cm³/mol. The molecule has 0 unspecified atom stereocenters. The third-order valence-corrected chi connectivity index (χ3v) is 4.18. The number of para-hydroxylation sites is 2. The van der Waals surface area contributed by atoms with Crippen LogP contribution in [0.2, 0.25) is 0 Å². The molecule has 0 saturated heterocycles. The third kappa shape index (κ3) is 3.93. The molecule has 1 amide bonds. The highest BCUT2D eigenvalue weighted by molar-refractivity contribution is 5.75. The summed E-state index contributed by atoms with van der Waals surface area (Å²) in [4.78, 5) is 36.2. The van der Waals surface area contributed by atoms with Crippen LogP contribution in [0, 0.1) is 21.4 Å². The number of carbonyl (C=O) groups excluding carboxylic acids is 1. The summed E-state index contributed by atoms with van der Waals surface area (Å²) in [6.45, 7) is 0.0157. The molecule has 0 bridgehead atoms. The van der Waals surface area contributed by atoms with Crippen LogP contribution >= 0.6 is 0 Å². The van der Waals surface area contributed by atoms with E-state index in [1.165, 1.54) is 11.9 Å². The molecule has 0 aliphatic carbocycles. The standard InChI is InChI=1S/C18H16N4O6/c1-20(9-14-11-27-15-4-2-3-5-16(15)28-14)17(23)10-21-8-13(22(25)26)6-12(7-19)18(21)24/h2-6,8,14H,9-11H2,1H3/t14-/m0/s1. The van der Waals surface area contributed by atoms with E-state index in [2.05, 4.69) is 0 Å². The molecular weight excluding hydrogens is 368 g/mol. The number of nitro groups is 1. The fraction of sp³-hybridized carbons (Fsp3) is 0.278. The SMILES string of the molecule is CN(C[C@H]1COc2ccccc2O1)C(=O)Cn1cc([N+](=O)[O-])cc(C#N)c1=O. The summed E-state index contributed by atoms with van der Waals surface area (Å²) >= 11 is 0. The summed E-state index contributed by atoms with van der Waals surface area (Å²) in [5.41, 5.74) is -1.60. The normalized spacial score (nSPS) is 14.8. The number of nitrogens with zero attached hydrogens (tertiary/aromatic N) is 4. The summed E-state index contributed by atoms with van der Waals surface area (Å²) in [6, 6.07) is 9.67. The van der Waals surface area contributed by atoms with Crippen molar-refractivity contribution in [3.63, 3.8) is 0 Å². The quantitative estimate of drug-likeness (QED) is 0.554. The number of carbonyl (C=O) groups is 1. The van der Waals surface area contributed by atoms with Crippen LogP contribution in [-0.2, 0) is 11.3 Å². The van der Waals surface area contributed by atoms with Crippen LogP contribution in [0.3, 0.4) is 0 Å². The van der Waals surface area contributed by atoms with Gasteiger partial charge in [-0.05, 0) is 12.1 Å². The minimum Gasteiger partial charge on any atom is -0.486 e. The van der Waals surface area contributed by atoms with E-state index in [0.717, 1.165) is 16.8 Å². The molecule has 1 aliphatic heterocycles. The van der Waals surface area contributed by atoms with Crippen molar-refractivity contribution in [2.24, 2.45) is 0 Å². The first kappa shape index (κ1) is 18.9. The van der Waals surface area contributed by atoms with Gasteiger partial charge in [0.1, 0.15) is 24.8 Å². The zero-order valence-corrected chi connectivity index (χ0v) is 14.9. The van der Waals surface area contributed by atoms with Crippen LogP contribution in [0.1, 0.15) is 5.56 Å². The second-order valence-electron chi connectivity index (χ2n) is 6.19. The maximum absolute atomic E-state index is 12.5. The number of amides is 1. The van der Waals surface area contributed by atoms with Gasteiger partial charge in [-0.2, -0.15) is 5.26 Å². The molecule has 0 radical (unpaired) electrons. The fourth-order valence-corrected chi connectivity index (χ4v) is 2.74. The number of hydrogen-bond acceptors (Lipinski definition) is 7. The van der Waals surface area contributed by atoms with E-state index >= 15 is 0 Å². The van der Waals surface area contributed by atoms with Gasteiger partial charge in [0.15, 0.2) is 17.6 Å². The van der Waals surface area contributed by atoms with Gasteiger partial charge < -0.3 is 14.4 Å². The fourth-order valence-electron chi connectivity index (χ4n) is 2.74. The van der Waals surface area contributed by atoms with E-state index in [-0.39, 0.29) is 13.2 Å². The van der Waals surface area contributed by atoms with Crippen molar-refractivity contribution >= 4 is 11.6 Å². The predicted octanol–water partition coefficient (Wildman–Crippen LogP) is 0.927. The number of likely N-dealkylation sites (N-methyl/N-ethyl adjacent to an activating group) is 1. The van der Waals surface area contributed by atoms with E-state index in [1.54, 1.807) is 24.3 Å². The number of aromatic nitrogens is 1. The summed E-state index contributed by atoms with van der Waals surface area (Å²) in [6.07, 6.45) is 0.547. The second-order valence-corrected chi connectivity index (χ2v) is 6.19. The van der Waals surface area contributed by atoms with E-state index < -0.39 is 40.3 Å². The lowest BCUT2D eigenvalue weighted by molar-refractivity contribution is -0.385. The summed E-state index contributed by atoms with van der Waals surface area (Å²) in [7, 11) is 1.53. The van der Waals surface area contributed by atoms with E-state index in [4.69, 9.17) is 14.7 Å². The highest BCUT2D eigenvalue weighted by Gasteiger charge is 2.24. The van der Waals surface area contributed by atoms with E-state index in [1.807, 2.05) is 6.07 Å². The number of pyridine rings is 1. The second kappa shape index (κ2) is 7.79. The molecule has 0 saturated carbocycles. The Morgan fingerprint density at radius 3 is 2.82 bits per heavy atom. The lowest BCUT2D eigenvalue weighted by Gasteiger charge is -2.29. The maximum Gasteiger partial charge on any atom is 0.287 e. The molecular formula is C18H16N4O6. The Hall–Kier alpha value is -3.87. The largest absolute Gasteiger partial charge is 0.486 e. The number of benzene rings is 1. The van der Waals surface area contributed by atoms with Gasteiger partial charge in [-0.3, -0.25) is 24.3 Å². The Labute approximate surface area is 159 Å². The number of fused-ring (bicyclic) bond motifs is 1. The topological polar surface area (TPSA) is 128 Å². The molecule has 3 rings (SSSR count). The lowest BCUT2D eigenvalue weighted by Crippen LogP contribution is -2.43. The van der Waals surface area contributed by atoms with Crippen molar-refractivity contribution in [3.05, 3.63) is 62.6 Å². The number of nitriles is 1. The van der Waals surface area contributed by atoms with Crippen LogP contribution < -0.4 is 15.0 Å². The van der Waals surface area contributed by atoms with Gasteiger partial charge in [0.05, 0.1) is 17.7 Å². The Morgan fingerprint density at radius 2 is 2.14 bits per heavy atom. The van der Waals surface area contributed by atoms with Gasteiger partial charge >= 0.3 is 0 Å². The number of rotatable bonds is 5. The van der Waals surface area contributed by atoms with Crippen molar-refractivity contribution in [2.45, 2.75) is 12.6 Å². The van der Waals surface area contributed by atoms with Crippen molar-refractivity contribution in [1.82, 2.24) is 9.47 Å². The smallest absolute Gasteiger partial charge is 0.287 e. The minimum atomic E-state index is -0.763. The molecule has 2 aromatic rings. The van der Waals surface area contributed by atoms with Gasteiger partial charge in [-0.1, -0.05) is 12.1 Å². The molecule has 0 spiro atoms.